The van der Waals surface area contributed by atoms with Crippen molar-refractivity contribution in [3.05, 3.63) is 35.6 Å². The molecule has 128 valence electrons. The van der Waals surface area contributed by atoms with Crippen LogP contribution in [0.4, 0.5) is 0 Å². The van der Waals surface area contributed by atoms with Crippen LogP contribution in [0.2, 0.25) is 0 Å². The van der Waals surface area contributed by atoms with Crippen LogP contribution in [0.25, 0.3) is 0 Å². The van der Waals surface area contributed by atoms with E-state index in [1.807, 2.05) is 13.0 Å². The molecule has 4 heterocycles. The topological polar surface area (TPSA) is 73.5 Å². The van der Waals surface area contributed by atoms with Gasteiger partial charge >= 0.3 is 0 Å². The van der Waals surface area contributed by atoms with E-state index < -0.39 is 0 Å². The van der Waals surface area contributed by atoms with Crippen LogP contribution in [0.3, 0.4) is 0 Å². The van der Waals surface area contributed by atoms with Crippen molar-refractivity contribution in [2.75, 3.05) is 20.2 Å². The minimum absolute atomic E-state index is 0.190. The SMILES string of the molecule is COc1ncccc1CN1C[C@@H]2C[C@@H](Cc3nc(C)no3)O[C@@H]2C1. The van der Waals surface area contributed by atoms with Gasteiger partial charge in [0.25, 0.3) is 0 Å². The highest BCUT2D eigenvalue weighted by atomic mass is 16.5. The third-order valence-corrected chi connectivity index (χ3v) is 4.80. The second kappa shape index (κ2) is 6.49. The van der Waals surface area contributed by atoms with Crippen molar-refractivity contribution < 1.29 is 14.0 Å². The second-order valence-corrected chi connectivity index (χ2v) is 6.60. The monoisotopic (exact) mass is 330 g/mol. The first-order valence-corrected chi connectivity index (χ1v) is 8.36. The molecule has 7 heteroatoms. The fourth-order valence-corrected chi connectivity index (χ4v) is 3.80. The molecule has 0 saturated carbocycles. The molecule has 0 amide bonds. The lowest BCUT2D eigenvalue weighted by Gasteiger charge is -2.19. The van der Waals surface area contributed by atoms with E-state index in [1.54, 1.807) is 13.3 Å². The number of methoxy groups -OCH3 is 1. The molecule has 0 bridgehead atoms. The van der Waals surface area contributed by atoms with Gasteiger partial charge in [0.1, 0.15) is 0 Å². The van der Waals surface area contributed by atoms with Gasteiger partial charge in [-0.3, -0.25) is 4.90 Å². The number of aromatic nitrogens is 3. The molecule has 24 heavy (non-hydrogen) atoms. The second-order valence-electron chi connectivity index (χ2n) is 6.60. The molecule has 0 spiro atoms. The van der Waals surface area contributed by atoms with Gasteiger partial charge in [-0.05, 0) is 19.4 Å². The summed E-state index contributed by atoms with van der Waals surface area (Å²) in [6.45, 7) is 4.67. The van der Waals surface area contributed by atoms with E-state index in [0.717, 1.165) is 31.6 Å². The van der Waals surface area contributed by atoms with E-state index in [4.69, 9.17) is 14.0 Å². The minimum Gasteiger partial charge on any atom is -0.481 e. The average molecular weight is 330 g/mol. The van der Waals surface area contributed by atoms with Crippen molar-refractivity contribution in [1.82, 2.24) is 20.0 Å². The fraction of sp³-hybridized carbons (Fsp3) is 0.588. The molecule has 2 saturated heterocycles. The van der Waals surface area contributed by atoms with E-state index in [1.165, 1.54) is 0 Å². The molecule has 3 atom stereocenters. The van der Waals surface area contributed by atoms with E-state index >= 15 is 0 Å². The number of pyridine rings is 1. The molecule has 7 nitrogen and oxygen atoms in total. The number of fused-ring (bicyclic) bond motifs is 1. The standard InChI is InChI=1S/C17H22N4O3/c1-11-19-16(24-20-11)7-14-6-13-9-21(10-15(13)23-14)8-12-4-3-5-18-17(12)22-2/h3-5,13-15H,6-10H2,1-2H3/t13-,14-,15+/m0/s1. The maximum Gasteiger partial charge on any atom is 0.229 e. The first-order chi connectivity index (χ1) is 11.7. The number of rotatable bonds is 5. The maximum atomic E-state index is 6.21. The van der Waals surface area contributed by atoms with E-state index in [2.05, 4.69) is 26.1 Å². The molecule has 0 N–H and O–H groups in total. The lowest BCUT2D eigenvalue weighted by molar-refractivity contribution is 0.0342. The fourth-order valence-electron chi connectivity index (χ4n) is 3.80. The Kier molecular flexibility index (Phi) is 4.20. The third-order valence-electron chi connectivity index (χ3n) is 4.80. The van der Waals surface area contributed by atoms with Crippen molar-refractivity contribution >= 4 is 0 Å². The van der Waals surface area contributed by atoms with Crippen molar-refractivity contribution in [3.8, 4) is 5.88 Å². The van der Waals surface area contributed by atoms with Crippen LogP contribution in [-0.2, 0) is 17.7 Å². The Morgan fingerprint density at radius 1 is 1.38 bits per heavy atom. The number of hydrogen-bond donors (Lipinski definition) is 0. The number of hydrogen-bond acceptors (Lipinski definition) is 7. The Morgan fingerprint density at radius 2 is 2.29 bits per heavy atom. The summed E-state index contributed by atoms with van der Waals surface area (Å²) in [6.07, 6.45) is 4.00. The van der Waals surface area contributed by atoms with Crippen molar-refractivity contribution in [1.29, 1.82) is 0 Å². The van der Waals surface area contributed by atoms with E-state index in [0.29, 0.717) is 36.0 Å². The van der Waals surface area contributed by atoms with Crippen molar-refractivity contribution in [3.63, 3.8) is 0 Å². The number of nitrogens with zero attached hydrogens (tertiary/aromatic N) is 4. The number of ether oxygens (including phenoxy) is 2. The van der Waals surface area contributed by atoms with E-state index in [9.17, 15) is 0 Å². The summed E-state index contributed by atoms with van der Waals surface area (Å²) in [5.41, 5.74) is 1.12. The largest absolute Gasteiger partial charge is 0.481 e. The molecular weight excluding hydrogens is 308 g/mol. The summed E-state index contributed by atoms with van der Waals surface area (Å²) in [5, 5.41) is 3.84. The van der Waals surface area contributed by atoms with Gasteiger partial charge in [0.2, 0.25) is 11.8 Å². The predicted molar refractivity (Wildman–Crippen MR) is 85.6 cm³/mol. The summed E-state index contributed by atoms with van der Waals surface area (Å²) in [4.78, 5) is 11.0. The molecular formula is C17H22N4O3. The summed E-state index contributed by atoms with van der Waals surface area (Å²) in [7, 11) is 1.66. The quantitative estimate of drug-likeness (QED) is 0.824. The van der Waals surface area contributed by atoms with E-state index in [-0.39, 0.29) is 6.10 Å². The van der Waals surface area contributed by atoms with Gasteiger partial charge in [-0.25, -0.2) is 4.98 Å². The molecule has 2 aliphatic rings. The Balaban J connectivity index is 1.33. The molecule has 2 aliphatic heterocycles. The van der Waals surface area contributed by atoms with Gasteiger partial charge < -0.3 is 14.0 Å². The van der Waals surface area contributed by atoms with Crippen LogP contribution in [0.15, 0.2) is 22.9 Å². The molecule has 4 rings (SSSR count). The van der Waals surface area contributed by atoms with Crippen LogP contribution < -0.4 is 4.74 Å². The maximum absolute atomic E-state index is 6.21. The van der Waals surface area contributed by atoms with Crippen LogP contribution in [-0.4, -0.2) is 52.4 Å². The van der Waals surface area contributed by atoms with Gasteiger partial charge in [0.05, 0.1) is 25.7 Å². The normalized spacial score (nSPS) is 26.7. The molecule has 2 aromatic heterocycles. The molecule has 2 aromatic rings. The predicted octanol–water partition coefficient (Wildman–Crippen LogP) is 1.61. The number of aryl methyl sites for hydroxylation is 1. The smallest absolute Gasteiger partial charge is 0.229 e. The highest BCUT2D eigenvalue weighted by Gasteiger charge is 2.42. The lowest BCUT2D eigenvalue weighted by Crippen LogP contribution is -2.25. The zero-order valence-electron chi connectivity index (χ0n) is 14.0. The van der Waals surface area contributed by atoms with Crippen LogP contribution >= 0.6 is 0 Å². The van der Waals surface area contributed by atoms with Crippen LogP contribution in [0.5, 0.6) is 5.88 Å². The summed E-state index contributed by atoms with van der Waals surface area (Å²) >= 11 is 0. The first kappa shape index (κ1) is 15.5. The minimum atomic E-state index is 0.190. The Labute approximate surface area is 141 Å². The summed E-state index contributed by atoms with van der Waals surface area (Å²) in [6, 6.07) is 4.02. The Bertz CT molecular complexity index is 691. The van der Waals surface area contributed by atoms with Gasteiger partial charge in [-0.1, -0.05) is 11.2 Å². The van der Waals surface area contributed by atoms with Crippen molar-refractivity contribution in [2.45, 2.75) is 38.5 Å². The molecule has 0 aromatic carbocycles. The van der Waals surface area contributed by atoms with Crippen LogP contribution in [0, 0.1) is 12.8 Å². The first-order valence-electron chi connectivity index (χ1n) is 8.36. The van der Waals surface area contributed by atoms with Gasteiger partial charge in [-0.15, -0.1) is 0 Å². The highest BCUT2D eigenvalue weighted by Crippen LogP contribution is 2.35. The third kappa shape index (κ3) is 3.14. The highest BCUT2D eigenvalue weighted by molar-refractivity contribution is 5.25. The molecule has 0 radical (unpaired) electrons. The zero-order valence-corrected chi connectivity index (χ0v) is 14.0. The average Bonchev–Trinajstić information content (AvgIpc) is 3.23. The summed E-state index contributed by atoms with van der Waals surface area (Å²) in [5.74, 6) is 2.64. The van der Waals surface area contributed by atoms with Crippen LogP contribution in [0.1, 0.15) is 23.7 Å². The Morgan fingerprint density at radius 3 is 3.04 bits per heavy atom. The number of likely N-dealkylation sites (tertiary alicyclic amines) is 1. The zero-order chi connectivity index (χ0) is 16.5. The van der Waals surface area contributed by atoms with Gasteiger partial charge in [0, 0.05) is 37.3 Å². The van der Waals surface area contributed by atoms with Crippen molar-refractivity contribution in [2.24, 2.45) is 5.92 Å². The molecule has 0 unspecified atom stereocenters. The lowest BCUT2D eigenvalue weighted by atomic mass is 10.0. The molecule has 0 aliphatic carbocycles. The summed E-state index contributed by atoms with van der Waals surface area (Å²) < 4.78 is 16.8. The Hall–Kier alpha value is -1.99. The van der Waals surface area contributed by atoms with Gasteiger partial charge in [-0.2, -0.15) is 4.98 Å². The van der Waals surface area contributed by atoms with Gasteiger partial charge in [0.15, 0.2) is 5.82 Å². The molecule has 2 fully saturated rings.